The highest BCUT2D eigenvalue weighted by Crippen LogP contribution is 2.46. The number of rotatable bonds is 11. The summed E-state index contributed by atoms with van der Waals surface area (Å²) in [5, 5.41) is 22.8. The Morgan fingerprint density at radius 1 is 1.13 bits per heavy atom. The van der Waals surface area contributed by atoms with Gasteiger partial charge in [0.15, 0.2) is 0 Å². The highest BCUT2D eigenvalue weighted by atomic mass is 16.5. The van der Waals surface area contributed by atoms with Crippen molar-refractivity contribution in [2.75, 3.05) is 26.8 Å². The molecule has 5 atom stereocenters. The summed E-state index contributed by atoms with van der Waals surface area (Å²) in [7, 11) is 1.70. The van der Waals surface area contributed by atoms with Crippen molar-refractivity contribution in [2.24, 2.45) is 11.7 Å². The van der Waals surface area contributed by atoms with E-state index in [0.717, 1.165) is 55.4 Å². The van der Waals surface area contributed by atoms with Crippen LogP contribution in [-0.4, -0.2) is 65.9 Å². The summed E-state index contributed by atoms with van der Waals surface area (Å²) in [6, 6.07) is 15.3. The summed E-state index contributed by atoms with van der Waals surface area (Å²) in [4.78, 5) is 14.7. The number of nitrogens with two attached hydrogens (primary N) is 1. The molecule has 7 heteroatoms. The third-order valence-corrected chi connectivity index (χ3v) is 8.73. The number of aliphatic hydroxyl groups excluding tert-OH is 1. The Hall–Kier alpha value is -2.29. The molecule has 2 aromatic carbocycles. The van der Waals surface area contributed by atoms with Crippen molar-refractivity contribution in [3.05, 3.63) is 59.7 Å². The lowest BCUT2D eigenvalue weighted by Crippen LogP contribution is -2.62. The van der Waals surface area contributed by atoms with E-state index in [1.165, 1.54) is 0 Å². The fraction of sp³-hybridized carbons (Fsp3) is 0.581. The van der Waals surface area contributed by atoms with Crippen molar-refractivity contribution in [2.45, 2.75) is 81.6 Å². The van der Waals surface area contributed by atoms with Gasteiger partial charge in [-0.1, -0.05) is 36.4 Å². The van der Waals surface area contributed by atoms with E-state index in [0.29, 0.717) is 44.6 Å². The van der Waals surface area contributed by atoms with Crippen molar-refractivity contribution >= 4 is 6.29 Å². The molecule has 2 aromatic rings. The number of methoxy groups -OCH3 is 1. The predicted molar refractivity (Wildman–Crippen MR) is 148 cm³/mol. The molecule has 1 saturated heterocycles. The Morgan fingerprint density at radius 3 is 2.58 bits per heavy atom. The van der Waals surface area contributed by atoms with Crippen LogP contribution >= 0.6 is 0 Å². The van der Waals surface area contributed by atoms with Gasteiger partial charge in [0.25, 0.3) is 0 Å². The van der Waals surface area contributed by atoms with Crippen molar-refractivity contribution < 1.29 is 24.5 Å². The van der Waals surface area contributed by atoms with Crippen LogP contribution in [0.5, 0.6) is 11.5 Å². The second-order valence-electron chi connectivity index (χ2n) is 11.2. The minimum absolute atomic E-state index is 0.0969. The molecule has 1 aliphatic heterocycles. The first-order valence-electron chi connectivity index (χ1n) is 14.0. The number of aliphatic hydroxyl groups is 2. The molecule has 0 radical (unpaired) electrons. The van der Waals surface area contributed by atoms with E-state index in [-0.39, 0.29) is 5.92 Å². The molecule has 0 amide bonds. The molecule has 1 aliphatic carbocycles. The van der Waals surface area contributed by atoms with Crippen LogP contribution in [0.1, 0.15) is 62.5 Å². The Labute approximate surface area is 226 Å². The van der Waals surface area contributed by atoms with Gasteiger partial charge < -0.3 is 30.2 Å². The number of carbonyl (C=O) groups excluding carboxylic acids is 1. The number of benzene rings is 2. The Bertz CT molecular complexity index is 1060. The second-order valence-corrected chi connectivity index (χ2v) is 11.2. The van der Waals surface area contributed by atoms with Gasteiger partial charge >= 0.3 is 0 Å². The minimum atomic E-state index is -1.15. The summed E-state index contributed by atoms with van der Waals surface area (Å²) in [5.41, 5.74) is 6.19. The fourth-order valence-corrected chi connectivity index (χ4v) is 6.40. The summed E-state index contributed by atoms with van der Waals surface area (Å²) in [6.45, 7) is 4.02. The third-order valence-electron chi connectivity index (χ3n) is 8.73. The first-order valence-corrected chi connectivity index (χ1v) is 14.0. The van der Waals surface area contributed by atoms with Gasteiger partial charge in [-0.05, 0) is 82.5 Å². The Balaban J connectivity index is 1.66. The number of nitrogens with zero attached hydrogens (tertiary/aromatic N) is 1. The number of hydrogen-bond donors (Lipinski definition) is 3. The maximum Gasteiger partial charge on any atom is 0.140 e. The van der Waals surface area contributed by atoms with Crippen LogP contribution in [0.15, 0.2) is 48.5 Å². The molecular formula is C31H44N2O5. The van der Waals surface area contributed by atoms with Gasteiger partial charge in [-0.2, -0.15) is 0 Å². The lowest BCUT2D eigenvalue weighted by atomic mass is 9.71. The molecule has 38 heavy (non-hydrogen) atoms. The van der Waals surface area contributed by atoms with E-state index in [9.17, 15) is 15.0 Å². The predicted octanol–water partition coefficient (Wildman–Crippen LogP) is 4.31. The molecule has 2 aliphatic rings. The summed E-state index contributed by atoms with van der Waals surface area (Å²) in [5.74, 6) is 1.32. The zero-order chi connectivity index (χ0) is 27.2. The average Bonchev–Trinajstić information content (AvgIpc) is 2.94. The van der Waals surface area contributed by atoms with Gasteiger partial charge in [-0.25, -0.2) is 0 Å². The van der Waals surface area contributed by atoms with E-state index in [4.69, 9.17) is 15.2 Å². The number of aryl methyl sites for hydroxylation is 1. The van der Waals surface area contributed by atoms with E-state index >= 15 is 0 Å². The summed E-state index contributed by atoms with van der Waals surface area (Å²) < 4.78 is 11.7. The number of hydrogen-bond acceptors (Lipinski definition) is 7. The number of unbranched alkanes of at least 4 members (excludes halogenated alkanes) is 1. The Kier molecular flexibility index (Phi) is 9.60. The monoisotopic (exact) mass is 524 g/mol. The maximum atomic E-state index is 12.6. The average molecular weight is 525 g/mol. The van der Waals surface area contributed by atoms with Crippen LogP contribution in [0.2, 0.25) is 0 Å². The molecule has 0 bridgehead atoms. The van der Waals surface area contributed by atoms with Crippen LogP contribution in [0.4, 0.5) is 0 Å². The molecule has 1 saturated carbocycles. The lowest BCUT2D eigenvalue weighted by molar-refractivity contribution is -0.130. The van der Waals surface area contributed by atoms with Gasteiger partial charge in [0.1, 0.15) is 17.8 Å². The van der Waals surface area contributed by atoms with Crippen molar-refractivity contribution in [3.8, 4) is 11.5 Å². The van der Waals surface area contributed by atoms with Crippen molar-refractivity contribution in [1.29, 1.82) is 0 Å². The number of piperidine rings is 1. The molecular weight excluding hydrogens is 480 g/mol. The molecule has 0 aromatic heterocycles. The molecule has 1 heterocycles. The highest BCUT2D eigenvalue weighted by Gasteiger charge is 2.48. The molecule has 1 unspecified atom stereocenters. The maximum absolute atomic E-state index is 12.6. The van der Waals surface area contributed by atoms with Gasteiger partial charge in [-0.15, -0.1) is 0 Å². The van der Waals surface area contributed by atoms with Crippen molar-refractivity contribution in [1.82, 2.24) is 4.90 Å². The largest absolute Gasteiger partial charge is 0.457 e. The summed E-state index contributed by atoms with van der Waals surface area (Å²) in [6.07, 6.45) is 5.92. The number of ether oxygens (including phenoxy) is 2. The van der Waals surface area contributed by atoms with E-state index in [1.54, 1.807) is 7.11 Å². The topological polar surface area (TPSA) is 105 Å². The number of para-hydroxylation sites is 2. The number of carbonyl (C=O) groups is 1. The van der Waals surface area contributed by atoms with Crippen LogP contribution in [0.3, 0.4) is 0 Å². The Morgan fingerprint density at radius 2 is 1.87 bits per heavy atom. The lowest BCUT2D eigenvalue weighted by Gasteiger charge is -2.51. The zero-order valence-corrected chi connectivity index (χ0v) is 22.9. The van der Waals surface area contributed by atoms with Gasteiger partial charge in [0, 0.05) is 37.8 Å². The molecule has 4 N–H and O–H groups in total. The molecule has 4 rings (SSSR count). The number of likely N-dealkylation sites (tertiary alicyclic amines) is 1. The van der Waals surface area contributed by atoms with Gasteiger partial charge in [-0.3, -0.25) is 4.90 Å². The van der Waals surface area contributed by atoms with Gasteiger partial charge in [0.05, 0.1) is 17.2 Å². The molecule has 2 fully saturated rings. The van der Waals surface area contributed by atoms with Crippen LogP contribution < -0.4 is 10.5 Å². The molecule has 7 nitrogen and oxygen atoms in total. The van der Waals surface area contributed by atoms with E-state index in [1.807, 2.05) is 55.5 Å². The smallest absolute Gasteiger partial charge is 0.140 e. The SMILES string of the molecule is COCCCC[C@@](O)(c1ccccc1Oc1ccccc1C)[C@@H]1CCCN(C2(C=O)CC[C@@H](O)[C@@H](N)C2)C1. The first-order chi connectivity index (χ1) is 18.3. The minimum Gasteiger partial charge on any atom is -0.457 e. The van der Waals surface area contributed by atoms with Crippen LogP contribution in [-0.2, 0) is 15.1 Å². The number of aldehydes is 1. The highest BCUT2D eigenvalue weighted by molar-refractivity contribution is 5.65. The molecule has 208 valence electrons. The van der Waals surface area contributed by atoms with Crippen molar-refractivity contribution in [3.63, 3.8) is 0 Å². The van der Waals surface area contributed by atoms with Gasteiger partial charge in [0.2, 0.25) is 0 Å². The summed E-state index contributed by atoms with van der Waals surface area (Å²) >= 11 is 0. The standard InChI is InChI=1S/C31H44N2O5/c1-23-10-3-5-13-28(23)38-29-14-6-4-12-25(29)31(36,16-7-8-19-37-2)24-11-9-18-33(21-24)30(22-34)17-15-27(35)26(32)20-30/h3-6,10,12-14,22,24,26-27,35-36H,7-9,11,15-21,32H2,1-2H3/t24-,26+,27-,30?,31+/m1/s1. The third kappa shape index (κ3) is 6.13. The van der Waals surface area contributed by atoms with E-state index in [2.05, 4.69) is 4.90 Å². The fourth-order valence-electron chi connectivity index (χ4n) is 6.40. The van der Waals surface area contributed by atoms with Crippen LogP contribution in [0, 0.1) is 12.8 Å². The normalized spacial score (nSPS) is 28.0. The van der Waals surface area contributed by atoms with Crippen LogP contribution in [0.25, 0.3) is 0 Å². The second kappa shape index (κ2) is 12.7. The quantitative estimate of drug-likeness (QED) is 0.297. The first kappa shape index (κ1) is 28.7. The zero-order valence-electron chi connectivity index (χ0n) is 22.9. The van der Waals surface area contributed by atoms with E-state index < -0.39 is 23.3 Å². The molecule has 0 spiro atoms.